The molecule has 2 aromatic carbocycles. The summed E-state index contributed by atoms with van der Waals surface area (Å²) in [5.74, 6) is 0.223. The molecule has 9 nitrogen and oxygen atoms in total. The molecule has 0 aliphatic carbocycles. The van der Waals surface area contributed by atoms with E-state index in [0.29, 0.717) is 11.3 Å². The summed E-state index contributed by atoms with van der Waals surface area (Å²) in [6, 6.07) is 13.1. The van der Waals surface area contributed by atoms with Gasteiger partial charge in [-0.05, 0) is 24.3 Å². The lowest BCUT2D eigenvalue weighted by molar-refractivity contribution is -0.897. The van der Waals surface area contributed by atoms with Crippen molar-refractivity contribution in [1.29, 1.82) is 0 Å². The van der Waals surface area contributed by atoms with Crippen LogP contribution in [0.5, 0.6) is 5.75 Å². The number of likely N-dealkylation sites (tertiary alicyclic amines) is 1. The van der Waals surface area contributed by atoms with Crippen molar-refractivity contribution in [2.75, 3.05) is 32.1 Å². The molecular formula is C21H25N4O5+. The molecule has 9 heteroatoms. The summed E-state index contributed by atoms with van der Waals surface area (Å²) in [6.07, 6.45) is 1.51. The SMILES string of the molecule is COc1cccc(C(=O)NC2CC[NH+](CC(=O)Nc3ccccc3[N+](=O)[O-])CC2)c1. The number of anilines is 1. The van der Waals surface area contributed by atoms with Crippen LogP contribution in [0, 0.1) is 10.1 Å². The van der Waals surface area contributed by atoms with Crippen LogP contribution in [0.15, 0.2) is 48.5 Å². The first-order valence-corrected chi connectivity index (χ1v) is 9.78. The lowest BCUT2D eigenvalue weighted by atomic mass is 10.0. The number of nitrogens with one attached hydrogen (secondary N) is 3. The van der Waals surface area contributed by atoms with Gasteiger partial charge in [-0.25, -0.2) is 0 Å². The molecule has 3 N–H and O–H groups in total. The number of nitro benzene ring substituents is 1. The maximum absolute atomic E-state index is 12.4. The standard InChI is InChI=1S/C21H24N4O5/c1-30-17-6-4-5-15(13-17)21(27)22-16-9-11-24(12-10-16)14-20(26)23-18-7-2-3-8-19(18)25(28)29/h2-8,13,16H,9-12,14H2,1H3,(H,22,27)(H,23,26)/p+1. The van der Waals surface area contributed by atoms with Crippen molar-refractivity contribution in [3.8, 4) is 5.75 Å². The van der Waals surface area contributed by atoms with E-state index < -0.39 is 4.92 Å². The van der Waals surface area contributed by atoms with Gasteiger partial charge < -0.3 is 20.3 Å². The van der Waals surface area contributed by atoms with E-state index in [-0.39, 0.29) is 35.8 Å². The summed E-state index contributed by atoms with van der Waals surface area (Å²) in [4.78, 5) is 36.4. The Balaban J connectivity index is 1.47. The van der Waals surface area contributed by atoms with Crippen molar-refractivity contribution in [2.24, 2.45) is 0 Å². The zero-order valence-corrected chi connectivity index (χ0v) is 16.7. The van der Waals surface area contributed by atoms with Crippen molar-refractivity contribution in [2.45, 2.75) is 18.9 Å². The smallest absolute Gasteiger partial charge is 0.292 e. The molecule has 1 aliphatic heterocycles. The van der Waals surface area contributed by atoms with Crippen LogP contribution in [0.4, 0.5) is 11.4 Å². The molecule has 3 rings (SSSR count). The fraction of sp³-hybridized carbons (Fsp3) is 0.333. The highest BCUT2D eigenvalue weighted by atomic mass is 16.6. The number of methoxy groups -OCH3 is 1. The Bertz CT molecular complexity index is 925. The Morgan fingerprint density at radius 1 is 1.17 bits per heavy atom. The van der Waals surface area contributed by atoms with Gasteiger partial charge in [-0.15, -0.1) is 0 Å². The first-order chi connectivity index (χ1) is 14.5. The van der Waals surface area contributed by atoms with Gasteiger partial charge in [0, 0.05) is 30.5 Å². The number of rotatable bonds is 7. The highest BCUT2D eigenvalue weighted by molar-refractivity contribution is 5.95. The molecule has 0 atom stereocenters. The summed E-state index contributed by atoms with van der Waals surface area (Å²) >= 11 is 0. The molecule has 1 heterocycles. The molecule has 2 amide bonds. The Morgan fingerprint density at radius 3 is 2.60 bits per heavy atom. The third kappa shape index (κ3) is 5.54. The topological polar surface area (TPSA) is 115 Å². The molecule has 1 aliphatic rings. The number of carbonyl (C=O) groups is 2. The predicted molar refractivity (Wildman–Crippen MR) is 111 cm³/mol. The quantitative estimate of drug-likeness (QED) is 0.463. The van der Waals surface area contributed by atoms with Crippen LogP contribution < -0.4 is 20.3 Å². The Morgan fingerprint density at radius 2 is 1.90 bits per heavy atom. The first kappa shape index (κ1) is 21.3. The molecule has 0 bridgehead atoms. The van der Waals surface area contributed by atoms with Crippen LogP contribution in [0.2, 0.25) is 0 Å². The number of quaternary nitrogens is 1. The second-order valence-electron chi connectivity index (χ2n) is 7.23. The largest absolute Gasteiger partial charge is 0.497 e. The van der Waals surface area contributed by atoms with E-state index in [2.05, 4.69) is 10.6 Å². The highest BCUT2D eigenvalue weighted by Gasteiger charge is 2.26. The summed E-state index contributed by atoms with van der Waals surface area (Å²) in [5.41, 5.74) is 0.625. The maximum Gasteiger partial charge on any atom is 0.292 e. The molecule has 0 unspecified atom stereocenters. The van der Waals surface area contributed by atoms with Gasteiger partial charge >= 0.3 is 0 Å². The number of carbonyl (C=O) groups excluding carboxylic acids is 2. The Hall–Kier alpha value is -3.46. The molecule has 30 heavy (non-hydrogen) atoms. The van der Waals surface area contributed by atoms with Crippen molar-refractivity contribution in [3.63, 3.8) is 0 Å². The van der Waals surface area contributed by atoms with Crippen LogP contribution in [0.25, 0.3) is 0 Å². The summed E-state index contributed by atoms with van der Waals surface area (Å²) in [5, 5.41) is 16.7. The van der Waals surface area contributed by atoms with Crippen molar-refractivity contribution in [3.05, 3.63) is 64.2 Å². The van der Waals surface area contributed by atoms with Crippen LogP contribution in [0.1, 0.15) is 23.2 Å². The average Bonchev–Trinajstić information content (AvgIpc) is 2.75. The Kier molecular flexibility index (Phi) is 6.97. The number of amides is 2. The number of piperidine rings is 1. The van der Waals surface area contributed by atoms with Gasteiger partial charge in [0.1, 0.15) is 11.4 Å². The average molecular weight is 413 g/mol. The van der Waals surface area contributed by atoms with Gasteiger partial charge in [-0.1, -0.05) is 18.2 Å². The minimum absolute atomic E-state index is 0.0470. The summed E-state index contributed by atoms with van der Waals surface area (Å²) in [7, 11) is 1.56. The van der Waals surface area contributed by atoms with Crippen LogP contribution in [0.3, 0.4) is 0 Å². The zero-order chi connectivity index (χ0) is 21.5. The molecule has 0 spiro atoms. The lowest BCUT2D eigenvalue weighted by Crippen LogP contribution is -3.14. The summed E-state index contributed by atoms with van der Waals surface area (Å²) in [6.45, 7) is 1.68. The molecule has 0 aromatic heterocycles. The molecule has 1 saturated heterocycles. The number of benzene rings is 2. The number of para-hydroxylation sites is 2. The van der Waals surface area contributed by atoms with Gasteiger partial charge in [-0.3, -0.25) is 19.7 Å². The normalized spacial score (nSPS) is 18.3. The second kappa shape index (κ2) is 9.84. The van der Waals surface area contributed by atoms with E-state index in [1.54, 1.807) is 43.5 Å². The van der Waals surface area contributed by atoms with E-state index in [1.165, 1.54) is 12.1 Å². The minimum atomic E-state index is -0.515. The van der Waals surface area contributed by atoms with Gasteiger partial charge in [-0.2, -0.15) is 0 Å². The van der Waals surface area contributed by atoms with Crippen LogP contribution in [-0.2, 0) is 4.79 Å². The lowest BCUT2D eigenvalue weighted by Gasteiger charge is -2.29. The number of hydrogen-bond donors (Lipinski definition) is 3. The zero-order valence-electron chi connectivity index (χ0n) is 16.7. The van der Waals surface area contributed by atoms with Crippen LogP contribution >= 0.6 is 0 Å². The first-order valence-electron chi connectivity index (χ1n) is 9.78. The van der Waals surface area contributed by atoms with E-state index in [9.17, 15) is 19.7 Å². The fourth-order valence-electron chi connectivity index (χ4n) is 3.54. The molecule has 2 aromatic rings. The third-order valence-corrected chi connectivity index (χ3v) is 5.15. The maximum atomic E-state index is 12.4. The highest BCUT2D eigenvalue weighted by Crippen LogP contribution is 2.22. The monoisotopic (exact) mass is 413 g/mol. The van der Waals surface area contributed by atoms with Crippen molar-refractivity contribution >= 4 is 23.2 Å². The van der Waals surface area contributed by atoms with E-state index >= 15 is 0 Å². The molecule has 0 saturated carbocycles. The molecule has 158 valence electrons. The number of nitrogens with zero attached hydrogens (tertiary/aromatic N) is 1. The van der Waals surface area contributed by atoms with Gasteiger partial charge in [0.2, 0.25) is 0 Å². The third-order valence-electron chi connectivity index (χ3n) is 5.15. The molecular weight excluding hydrogens is 388 g/mol. The Labute approximate surface area is 174 Å². The van der Waals surface area contributed by atoms with Crippen LogP contribution in [-0.4, -0.2) is 49.5 Å². The minimum Gasteiger partial charge on any atom is -0.497 e. The summed E-state index contributed by atoms with van der Waals surface area (Å²) < 4.78 is 5.15. The van der Waals surface area contributed by atoms with E-state index in [4.69, 9.17) is 4.74 Å². The van der Waals surface area contributed by atoms with Gasteiger partial charge in [0.15, 0.2) is 6.54 Å². The van der Waals surface area contributed by atoms with Crippen molar-refractivity contribution < 1.29 is 24.1 Å². The number of nitro groups is 1. The predicted octanol–water partition coefficient (Wildman–Crippen LogP) is 1.02. The van der Waals surface area contributed by atoms with Gasteiger partial charge in [0.05, 0.1) is 25.1 Å². The fourth-order valence-corrected chi connectivity index (χ4v) is 3.54. The number of hydrogen-bond acceptors (Lipinski definition) is 5. The van der Waals surface area contributed by atoms with Gasteiger partial charge in [0.25, 0.3) is 17.5 Å². The number of ether oxygens (including phenoxy) is 1. The van der Waals surface area contributed by atoms with E-state index in [0.717, 1.165) is 30.8 Å². The molecule has 0 radical (unpaired) electrons. The van der Waals surface area contributed by atoms with E-state index in [1.807, 2.05) is 0 Å². The molecule has 1 fully saturated rings. The van der Waals surface area contributed by atoms with Crippen molar-refractivity contribution in [1.82, 2.24) is 5.32 Å². The second-order valence-corrected chi connectivity index (χ2v) is 7.23.